The lowest BCUT2D eigenvalue weighted by Gasteiger charge is -2.31. The van der Waals surface area contributed by atoms with Gasteiger partial charge >= 0.3 is 0 Å². The molecular weight excluding hydrogens is 452 g/mol. The molecule has 4 aromatic rings. The second-order valence-electron chi connectivity index (χ2n) is 9.34. The first-order valence-corrected chi connectivity index (χ1v) is 12.4. The minimum Gasteiger partial charge on any atom is -0.467 e. The molecule has 3 heterocycles. The number of likely N-dealkylation sites (tertiary alicyclic amines) is 1. The summed E-state index contributed by atoms with van der Waals surface area (Å²) in [6, 6.07) is 21.6. The SMILES string of the molecule is Cc1cccc(-c2nn(-c3ccccc3)cc2C(=O)N2CCC(CC(=O)NCc3ccco3)CC2)c1. The summed E-state index contributed by atoms with van der Waals surface area (Å²) in [7, 11) is 0. The van der Waals surface area contributed by atoms with E-state index in [1.807, 2.05) is 78.7 Å². The normalized spacial score (nSPS) is 14.1. The van der Waals surface area contributed by atoms with Crippen LogP contribution >= 0.6 is 0 Å². The van der Waals surface area contributed by atoms with E-state index in [-0.39, 0.29) is 17.7 Å². The molecule has 1 saturated heterocycles. The molecule has 1 aliphatic rings. The van der Waals surface area contributed by atoms with E-state index < -0.39 is 0 Å². The van der Waals surface area contributed by atoms with E-state index in [0.717, 1.165) is 35.4 Å². The van der Waals surface area contributed by atoms with Crippen molar-refractivity contribution in [3.05, 3.63) is 96.1 Å². The highest BCUT2D eigenvalue weighted by Crippen LogP contribution is 2.28. The maximum Gasteiger partial charge on any atom is 0.257 e. The van der Waals surface area contributed by atoms with E-state index in [2.05, 4.69) is 11.4 Å². The van der Waals surface area contributed by atoms with Crippen molar-refractivity contribution in [3.63, 3.8) is 0 Å². The molecule has 2 amide bonds. The molecule has 0 radical (unpaired) electrons. The number of piperidine rings is 1. The number of hydrogen-bond acceptors (Lipinski definition) is 4. The molecule has 184 valence electrons. The van der Waals surface area contributed by atoms with Crippen molar-refractivity contribution in [3.8, 4) is 16.9 Å². The standard InChI is InChI=1S/C29H30N4O3/c1-21-7-5-8-23(17-21)28-26(20-33(31-28)24-9-3-2-4-10-24)29(35)32-14-12-22(13-15-32)18-27(34)30-19-25-11-6-16-36-25/h2-11,16-17,20,22H,12-15,18-19H2,1H3,(H,30,34). The number of carbonyl (C=O) groups excluding carboxylic acids is 2. The summed E-state index contributed by atoms with van der Waals surface area (Å²) in [4.78, 5) is 27.9. The van der Waals surface area contributed by atoms with E-state index in [9.17, 15) is 9.59 Å². The number of hydrogen-bond donors (Lipinski definition) is 1. The fourth-order valence-corrected chi connectivity index (χ4v) is 4.69. The summed E-state index contributed by atoms with van der Waals surface area (Å²) in [6.07, 6.45) is 5.49. The van der Waals surface area contributed by atoms with Gasteiger partial charge in [0, 0.05) is 31.3 Å². The summed E-state index contributed by atoms with van der Waals surface area (Å²) in [5.41, 5.74) is 4.23. The Bertz CT molecular complexity index is 1320. The number of aromatic nitrogens is 2. The highest BCUT2D eigenvalue weighted by atomic mass is 16.3. The Morgan fingerprint density at radius 3 is 2.56 bits per heavy atom. The van der Waals surface area contributed by atoms with Crippen LogP contribution in [0.4, 0.5) is 0 Å². The fraction of sp³-hybridized carbons (Fsp3) is 0.276. The molecule has 2 aromatic heterocycles. The summed E-state index contributed by atoms with van der Waals surface area (Å²) in [5.74, 6) is 0.995. The van der Waals surface area contributed by atoms with Crippen molar-refractivity contribution in [2.45, 2.75) is 32.7 Å². The molecule has 1 fully saturated rings. The third-order valence-electron chi connectivity index (χ3n) is 6.67. The second-order valence-corrected chi connectivity index (χ2v) is 9.34. The molecule has 0 saturated carbocycles. The van der Waals surface area contributed by atoms with Gasteiger partial charge in [0.1, 0.15) is 11.5 Å². The van der Waals surface area contributed by atoms with Crippen molar-refractivity contribution in [2.75, 3.05) is 13.1 Å². The molecule has 7 heteroatoms. The molecule has 0 spiro atoms. The van der Waals surface area contributed by atoms with Gasteiger partial charge in [-0.2, -0.15) is 5.10 Å². The van der Waals surface area contributed by atoms with E-state index in [0.29, 0.717) is 37.3 Å². The predicted molar refractivity (Wildman–Crippen MR) is 138 cm³/mol. The number of nitrogens with one attached hydrogen (secondary N) is 1. The molecule has 1 N–H and O–H groups in total. The maximum atomic E-state index is 13.7. The largest absolute Gasteiger partial charge is 0.467 e. The number of aryl methyl sites for hydroxylation is 1. The van der Waals surface area contributed by atoms with Gasteiger partial charge < -0.3 is 14.6 Å². The molecule has 7 nitrogen and oxygen atoms in total. The molecule has 0 atom stereocenters. The number of para-hydroxylation sites is 1. The summed E-state index contributed by atoms with van der Waals surface area (Å²) >= 11 is 0. The summed E-state index contributed by atoms with van der Waals surface area (Å²) in [6.45, 7) is 3.68. The number of nitrogens with zero attached hydrogens (tertiary/aromatic N) is 3. The molecular formula is C29H30N4O3. The number of amides is 2. The van der Waals surface area contributed by atoms with Crippen LogP contribution in [0.2, 0.25) is 0 Å². The number of carbonyl (C=O) groups is 2. The minimum atomic E-state index is -0.0191. The zero-order valence-electron chi connectivity index (χ0n) is 20.4. The van der Waals surface area contributed by atoms with Crippen LogP contribution in [0.25, 0.3) is 16.9 Å². The first-order valence-electron chi connectivity index (χ1n) is 12.4. The third-order valence-corrected chi connectivity index (χ3v) is 6.67. The fourth-order valence-electron chi connectivity index (χ4n) is 4.69. The van der Waals surface area contributed by atoms with Crippen molar-refractivity contribution in [1.82, 2.24) is 20.0 Å². The third kappa shape index (κ3) is 5.40. The van der Waals surface area contributed by atoms with Crippen molar-refractivity contribution < 1.29 is 14.0 Å². The van der Waals surface area contributed by atoms with Crippen LogP contribution < -0.4 is 5.32 Å². The minimum absolute atomic E-state index is 0.0158. The lowest BCUT2D eigenvalue weighted by atomic mass is 9.92. The molecule has 2 aromatic carbocycles. The first kappa shape index (κ1) is 23.6. The van der Waals surface area contributed by atoms with Gasteiger partial charge in [0.25, 0.3) is 5.91 Å². The molecule has 36 heavy (non-hydrogen) atoms. The highest BCUT2D eigenvalue weighted by Gasteiger charge is 2.28. The quantitative estimate of drug-likeness (QED) is 0.402. The first-order chi connectivity index (χ1) is 17.6. The van der Waals surface area contributed by atoms with Gasteiger partial charge in [0.2, 0.25) is 5.91 Å². The Morgan fingerprint density at radius 1 is 1.03 bits per heavy atom. The second kappa shape index (κ2) is 10.6. The summed E-state index contributed by atoms with van der Waals surface area (Å²) in [5, 5.41) is 7.73. The zero-order valence-corrected chi connectivity index (χ0v) is 20.4. The van der Waals surface area contributed by atoms with Gasteiger partial charge in [-0.1, -0.05) is 42.0 Å². The lowest BCUT2D eigenvalue weighted by Crippen LogP contribution is -2.39. The maximum absolute atomic E-state index is 13.7. The highest BCUT2D eigenvalue weighted by molar-refractivity contribution is 6.00. The smallest absolute Gasteiger partial charge is 0.257 e. The molecule has 0 unspecified atom stereocenters. The van der Waals surface area contributed by atoms with Crippen LogP contribution in [0.3, 0.4) is 0 Å². The number of furan rings is 1. The topological polar surface area (TPSA) is 80.4 Å². The van der Waals surface area contributed by atoms with E-state index in [1.54, 1.807) is 10.9 Å². The Hall–Kier alpha value is -4.13. The van der Waals surface area contributed by atoms with Crippen LogP contribution in [0.15, 0.2) is 83.6 Å². The van der Waals surface area contributed by atoms with Gasteiger partial charge in [-0.25, -0.2) is 4.68 Å². The van der Waals surface area contributed by atoms with E-state index >= 15 is 0 Å². The zero-order chi connectivity index (χ0) is 24.9. The predicted octanol–water partition coefficient (Wildman–Crippen LogP) is 5.00. The average molecular weight is 483 g/mol. The lowest BCUT2D eigenvalue weighted by molar-refractivity contribution is -0.122. The molecule has 5 rings (SSSR count). The van der Waals surface area contributed by atoms with E-state index in [1.165, 1.54) is 0 Å². The van der Waals surface area contributed by atoms with Gasteiger partial charge in [0.15, 0.2) is 0 Å². The van der Waals surface area contributed by atoms with Crippen LogP contribution in [0.5, 0.6) is 0 Å². The monoisotopic (exact) mass is 482 g/mol. The molecule has 1 aliphatic heterocycles. The Kier molecular flexibility index (Phi) is 6.98. The van der Waals surface area contributed by atoms with Crippen LogP contribution in [-0.4, -0.2) is 39.6 Å². The molecule has 0 bridgehead atoms. The van der Waals surface area contributed by atoms with Crippen molar-refractivity contribution in [1.29, 1.82) is 0 Å². The van der Waals surface area contributed by atoms with Crippen LogP contribution in [0, 0.1) is 12.8 Å². The van der Waals surface area contributed by atoms with Crippen LogP contribution in [0.1, 0.15) is 40.9 Å². The number of benzene rings is 2. The van der Waals surface area contributed by atoms with E-state index in [4.69, 9.17) is 9.52 Å². The Balaban J connectivity index is 1.27. The van der Waals surface area contributed by atoms with Crippen LogP contribution in [-0.2, 0) is 11.3 Å². The van der Waals surface area contributed by atoms with Gasteiger partial charge in [0.05, 0.1) is 24.1 Å². The Morgan fingerprint density at radius 2 is 1.83 bits per heavy atom. The van der Waals surface area contributed by atoms with Gasteiger partial charge in [-0.15, -0.1) is 0 Å². The molecule has 0 aliphatic carbocycles. The average Bonchev–Trinajstić information content (AvgIpc) is 3.59. The number of rotatable bonds is 7. The van der Waals surface area contributed by atoms with Crippen molar-refractivity contribution in [2.24, 2.45) is 5.92 Å². The summed E-state index contributed by atoms with van der Waals surface area (Å²) < 4.78 is 7.05. The van der Waals surface area contributed by atoms with Crippen molar-refractivity contribution >= 4 is 11.8 Å². The Labute approximate surface area is 210 Å². The van der Waals surface area contributed by atoms with Gasteiger partial charge in [-0.3, -0.25) is 9.59 Å². The van der Waals surface area contributed by atoms with Gasteiger partial charge in [-0.05, 0) is 56.0 Å².